The van der Waals surface area contributed by atoms with Crippen LogP contribution in [-0.4, -0.2) is 41.7 Å². The standard InChI is InChI=1S/C19H15F3N4O3S/c1-30(28)18-24-13(7-16(25-18)19(20,21)22)12-3-5-17(27)26(9-12)8-11-2-4-15-14(6-11)23-10-29-15/h2-7,9-10,17,27H,8H2,1H3. The summed E-state index contributed by atoms with van der Waals surface area (Å²) in [5.74, 6) is 0. The molecule has 1 aromatic carbocycles. The minimum absolute atomic E-state index is 0.0392. The zero-order chi connectivity index (χ0) is 21.5. The van der Waals surface area contributed by atoms with Gasteiger partial charge in [0.2, 0.25) is 5.16 Å². The van der Waals surface area contributed by atoms with Gasteiger partial charge in [-0.1, -0.05) is 12.1 Å². The number of aliphatic hydroxyl groups is 1. The Balaban J connectivity index is 1.69. The highest BCUT2D eigenvalue weighted by molar-refractivity contribution is 7.84. The third-order valence-electron chi connectivity index (χ3n) is 4.40. The van der Waals surface area contributed by atoms with E-state index in [1.54, 1.807) is 18.2 Å². The molecule has 7 nitrogen and oxygen atoms in total. The summed E-state index contributed by atoms with van der Waals surface area (Å²) in [5, 5.41) is 9.88. The average Bonchev–Trinajstić information content (AvgIpc) is 3.16. The quantitative estimate of drug-likeness (QED) is 0.629. The number of rotatable bonds is 4. The van der Waals surface area contributed by atoms with Crippen LogP contribution in [0.15, 0.2) is 58.6 Å². The van der Waals surface area contributed by atoms with Crippen LogP contribution in [0.5, 0.6) is 0 Å². The second-order valence-electron chi connectivity index (χ2n) is 6.56. The minimum Gasteiger partial charge on any atom is -0.443 e. The van der Waals surface area contributed by atoms with Crippen LogP contribution in [0.3, 0.4) is 0 Å². The molecule has 1 N–H and O–H groups in total. The van der Waals surface area contributed by atoms with E-state index in [-0.39, 0.29) is 12.2 Å². The molecule has 156 valence electrons. The average molecular weight is 436 g/mol. The Morgan fingerprint density at radius 3 is 2.80 bits per heavy atom. The molecular weight excluding hydrogens is 421 g/mol. The fraction of sp³-hybridized carbons (Fsp3) is 0.211. The first-order chi connectivity index (χ1) is 14.2. The summed E-state index contributed by atoms with van der Waals surface area (Å²) in [4.78, 5) is 13.0. The zero-order valence-corrected chi connectivity index (χ0v) is 16.3. The highest BCUT2D eigenvalue weighted by atomic mass is 32.2. The summed E-state index contributed by atoms with van der Waals surface area (Å²) in [6.07, 6.45) is 1.24. The van der Waals surface area contributed by atoms with Gasteiger partial charge in [-0.05, 0) is 29.8 Å². The van der Waals surface area contributed by atoms with Gasteiger partial charge in [0.15, 0.2) is 12.0 Å². The third kappa shape index (κ3) is 4.12. The number of hydrogen-bond acceptors (Lipinski definition) is 7. The van der Waals surface area contributed by atoms with Gasteiger partial charge < -0.3 is 14.4 Å². The van der Waals surface area contributed by atoms with Gasteiger partial charge in [-0.3, -0.25) is 4.21 Å². The number of halogens is 3. The predicted octanol–water partition coefficient (Wildman–Crippen LogP) is 3.11. The number of hydrogen-bond donors (Lipinski definition) is 1. The summed E-state index contributed by atoms with van der Waals surface area (Å²) < 4.78 is 56.6. The smallest absolute Gasteiger partial charge is 0.433 e. The molecule has 30 heavy (non-hydrogen) atoms. The maximum Gasteiger partial charge on any atom is 0.433 e. The van der Waals surface area contributed by atoms with Gasteiger partial charge in [0.25, 0.3) is 0 Å². The molecule has 3 heterocycles. The molecule has 0 fully saturated rings. The van der Waals surface area contributed by atoms with Crippen molar-refractivity contribution in [3.05, 3.63) is 66.0 Å². The molecular formula is C19H15F3N4O3S. The van der Waals surface area contributed by atoms with Gasteiger partial charge in [-0.15, -0.1) is 0 Å². The van der Waals surface area contributed by atoms with Crippen LogP contribution < -0.4 is 0 Å². The Kier molecular flexibility index (Phi) is 5.16. The predicted molar refractivity (Wildman–Crippen MR) is 102 cm³/mol. The van der Waals surface area contributed by atoms with Gasteiger partial charge in [-0.25, -0.2) is 15.0 Å². The summed E-state index contributed by atoms with van der Waals surface area (Å²) in [7, 11) is -1.80. The molecule has 3 aromatic rings. The van der Waals surface area contributed by atoms with Gasteiger partial charge in [0.05, 0.1) is 16.5 Å². The van der Waals surface area contributed by atoms with E-state index in [4.69, 9.17) is 4.42 Å². The largest absolute Gasteiger partial charge is 0.443 e. The SMILES string of the molecule is CS(=O)c1nc(C2=CN(Cc3ccc4ocnc4c3)C(O)C=C2)cc(C(F)(F)F)n1. The highest BCUT2D eigenvalue weighted by Gasteiger charge is 2.34. The first-order valence-electron chi connectivity index (χ1n) is 8.67. The van der Waals surface area contributed by atoms with Crippen molar-refractivity contribution in [2.24, 2.45) is 0 Å². The highest BCUT2D eigenvalue weighted by Crippen LogP contribution is 2.31. The number of oxazole rings is 1. The lowest BCUT2D eigenvalue weighted by atomic mass is 10.1. The van der Waals surface area contributed by atoms with Crippen molar-refractivity contribution in [2.45, 2.75) is 24.1 Å². The number of aliphatic hydroxyl groups excluding tert-OH is 1. The molecule has 0 bridgehead atoms. The number of benzene rings is 1. The molecule has 0 spiro atoms. The summed E-state index contributed by atoms with van der Waals surface area (Å²) in [5.41, 5.74) is 1.19. The van der Waals surface area contributed by atoms with E-state index in [1.807, 2.05) is 0 Å². The van der Waals surface area contributed by atoms with E-state index >= 15 is 0 Å². The lowest BCUT2D eigenvalue weighted by molar-refractivity contribution is -0.141. The summed E-state index contributed by atoms with van der Waals surface area (Å²) >= 11 is 0. The molecule has 1 aliphatic rings. The zero-order valence-electron chi connectivity index (χ0n) is 15.5. The van der Waals surface area contributed by atoms with Gasteiger partial charge in [-0.2, -0.15) is 13.2 Å². The maximum atomic E-state index is 13.2. The Hall–Kier alpha value is -3.05. The van der Waals surface area contributed by atoms with Crippen LogP contribution in [0.2, 0.25) is 0 Å². The monoisotopic (exact) mass is 436 g/mol. The van der Waals surface area contributed by atoms with Crippen molar-refractivity contribution in [1.82, 2.24) is 19.9 Å². The Labute approximate surface area is 171 Å². The minimum atomic E-state index is -4.71. The molecule has 0 saturated heterocycles. The Bertz CT molecular complexity index is 1190. The summed E-state index contributed by atoms with van der Waals surface area (Å²) in [6, 6.07) is 6.14. The molecule has 2 aromatic heterocycles. The number of alkyl halides is 3. The van der Waals surface area contributed by atoms with E-state index in [2.05, 4.69) is 15.0 Å². The van der Waals surface area contributed by atoms with Crippen molar-refractivity contribution in [1.29, 1.82) is 0 Å². The Morgan fingerprint density at radius 2 is 2.07 bits per heavy atom. The second kappa shape index (κ2) is 7.65. The fourth-order valence-corrected chi connectivity index (χ4v) is 3.40. The van der Waals surface area contributed by atoms with Gasteiger partial charge in [0, 0.05) is 24.6 Å². The van der Waals surface area contributed by atoms with Crippen LogP contribution in [0.4, 0.5) is 13.2 Å². The van der Waals surface area contributed by atoms with Crippen LogP contribution in [-0.2, 0) is 23.5 Å². The lowest BCUT2D eigenvalue weighted by Gasteiger charge is -2.28. The molecule has 0 saturated carbocycles. The molecule has 1 aliphatic heterocycles. The van der Waals surface area contributed by atoms with Crippen molar-refractivity contribution >= 4 is 27.5 Å². The third-order valence-corrected chi connectivity index (χ3v) is 5.10. The Morgan fingerprint density at radius 1 is 1.27 bits per heavy atom. The number of allylic oxidation sites excluding steroid dienone is 2. The summed E-state index contributed by atoms with van der Waals surface area (Å²) in [6.45, 7) is 0.265. The van der Waals surface area contributed by atoms with E-state index in [0.29, 0.717) is 16.7 Å². The van der Waals surface area contributed by atoms with Crippen LogP contribution in [0.25, 0.3) is 16.7 Å². The first kappa shape index (κ1) is 20.2. The fourth-order valence-electron chi connectivity index (χ4n) is 2.95. The molecule has 0 radical (unpaired) electrons. The molecule has 11 heteroatoms. The van der Waals surface area contributed by atoms with E-state index < -0.39 is 34.1 Å². The lowest BCUT2D eigenvalue weighted by Crippen LogP contribution is -2.30. The molecule has 2 atom stereocenters. The van der Waals surface area contributed by atoms with Crippen molar-refractivity contribution in [2.75, 3.05) is 6.26 Å². The van der Waals surface area contributed by atoms with E-state index in [1.165, 1.54) is 35.9 Å². The normalized spacial score (nSPS) is 18.0. The van der Waals surface area contributed by atoms with Crippen molar-refractivity contribution in [3.8, 4) is 0 Å². The van der Waals surface area contributed by atoms with Crippen LogP contribution in [0.1, 0.15) is 17.0 Å². The molecule has 0 aliphatic carbocycles. The molecule has 2 unspecified atom stereocenters. The number of nitrogens with zero attached hydrogens (tertiary/aromatic N) is 4. The van der Waals surface area contributed by atoms with Crippen LogP contribution in [0, 0.1) is 0 Å². The number of aromatic nitrogens is 3. The van der Waals surface area contributed by atoms with E-state index in [9.17, 15) is 22.5 Å². The van der Waals surface area contributed by atoms with E-state index in [0.717, 1.165) is 11.6 Å². The van der Waals surface area contributed by atoms with Gasteiger partial charge in [0.1, 0.15) is 17.4 Å². The number of fused-ring (bicyclic) bond motifs is 1. The molecule has 4 rings (SSSR count). The maximum absolute atomic E-state index is 13.2. The first-order valence-corrected chi connectivity index (χ1v) is 10.2. The second-order valence-corrected chi connectivity index (χ2v) is 7.83. The van der Waals surface area contributed by atoms with Crippen molar-refractivity contribution < 1.29 is 26.9 Å². The van der Waals surface area contributed by atoms with Crippen molar-refractivity contribution in [3.63, 3.8) is 0 Å². The van der Waals surface area contributed by atoms with Crippen LogP contribution >= 0.6 is 0 Å². The van der Waals surface area contributed by atoms with Gasteiger partial charge >= 0.3 is 6.18 Å². The topological polar surface area (TPSA) is 92.4 Å². The molecule has 0 amide bonds.